The van der Waals surface area contributed by atoms with E-state index in [9.17, 15) is 0 Å². The molecule has 106 valence electrons. The quantitative estimate of drug-likeness (QED) is 0.815. The molecule has 0 bridgehead atoms. The molecule has 0 unspecified atom stereocenters. The van der Waals surface area contributed by atoms with Gasteiger partial charge in [0, 0.05) is 23.7 Å². The van der Waals surface area contributed by atoms with Crippen molar-refractivity contribution in [2.45, 2.75) is 26.4 Å². The summed E-state index contributed by atoms with van der Waals surface area (Å²) in [6, 6.07) is 16.1. The van der Waals surface area contributed by atoms with E-state index in [1.54, 1.807) is 0 Å². The fourth-order valence-corrected chi connectivity index (χ4v) is 2.17. The molecule has 0 aliphatic heterocycles. The monoisotopic (exact) mass is 289 g/mol. The van der Waals surface area contributed by atoms with E-state index in [4.69, 9.17) is 16.3 Å². The zero-order chi connectivity index (χ0) is 14.2. The van der Waals surface area contributed by atoms with Crippen LogP contribution in [0.1, 0.15) is 24.5 Å². The lowest BCUT2D eigenvalue weighted by Crippen LogP contribution is -2.13. The maximum atomic E-state index is 6.06. The molecule has 0 fully saturated rings. The summed E-state index contributed by atoms with van der Waals surface area (Å²) in [5.41, 5.74) is 2.37. The standard InChI is InChI=1S/C17H20ClNO/c1-2-10-20-17-9-8-16(18)11-15(17)13-19-12-14-6-4-3-5-7-14/h3-9,11,19H,2,10,12-13H2,1H3. The van der Waals surface area contributed by atoms with Crippen LogP contribution in [0.3, 0.4) is 0 Å². The molecule has 2 rings (SSSR count). The predicted molar refractivity (Wildman–Crippen MR) is 84.2 cm³/mol. The number of rotatable bonds is 7. The molecule has 0 spiro atoms. The number of hydrogen-bond acceptors (Lipinski definition) is 2. The Bertz CT molecular complexity index is 528. The Labute approximate surface area is 125 Å². The SMILES string of the molecule is CCCOc1ccc(Cl)cc1CNCc1ccccc1. The predicted octanol–water partition coefficient (Wildman–Crippen LogP) is 4.42. The van der Waals surface area contributed by atoms with Crippen LogP contribution < -0.4 is 10.1 Å². The van der Waals surface area contributed by atoms with Gasteiger partial charge in [-0.2, -0.15) is 0 Å². The molecule has 20 heavy (non-hydrogen) atoms. The van der Waals surface area contributed by atoms with Crippen LogP contribution in [-0.4, -0.2) is 6.61 Å². The van der Waals surface area contributed by atoms with E-state index in [-0.39, 0.29) is 0 Å². The van der Waals surface area contributed by atoms with Crippen LogP contribution in [0.4, 0.5) is 0 Å². The van der Waals surface area contributed by atoms with Crippen LogP contribution in [0.25, 0.3) is 0 Å². The lowest BCUT2D eigenvalue weighted by molar-refractivity contribution is 0.313. The summed E-state index contributed by atoms with van der Waals surface area (Å²) in [4.78, 5) is 0. The lowest BCUT2D eigenvalue weighted by Gasteiger charge is -2.12. The first-order valence-corrected chi connectivity index (χ1v) is 7.33. The van der Waals surface area contributed by atoms with Gasteiger partial charge in [-0.05, 0) is 30.2 Å². The van der Waals surface area contributed by atoms with Crippen LogP contribution >= 0.6 is 11.6 Å². The molecule has 0 aliphatic rings. The Kier molecular flexibility index (Phi) is 5.90. The molecule has 1 N–H and O–H groups in total. The van der Waals surface area contributed by atoms with Crippen molar-refractivity contribution in [1.82, 2.24) is 5.32 Å². The fraction of sp³-hybridized carbons (Fsp3) is 0.294. The van der Waals surface area contributed by atoms with Crippen LogP contribution in [0.2, 0.25) is 5.02 Å². The second-order valence-electron chi connectivity index (χ2n) is 4.69. The molecule has 0 atom stereocenters. The number of hydrogen-bond donors (Lipinski definition) is 1. The highest BCUT2D eigenvalue weighted by Gasteiger charge is 2.04. The van der Waals surface area contributed by atoms with E-state index >= 15 is 0 Å². The zero-order valence-electron chi connectivity index (χ0n) is 11.7. The van der Waals surface area contributed by atoms with Crippen molar-refractivity contribution in [2.24, 2.45) is 0 Å². The summed E-state index contributed by atoms with van der Waals surface area (Å²) in [6.07, 6.45) is 1.000. The molecule has 0 radical (unpaired) electrons. The van der Waals surface area contributed by atoms with E-state index in [1.165, 1.54) is 5.56 Å². The lowest BCUT2D eigenvalue weighted by atomic mass is 10.2. The summed E-state index contributed by atoms with van der Waals surface area (Å²) < 4.78 is 5.75. The van der Waals surface area contributed by atoms with Crippen LogP contribution in [0, 0.1) is 0 Å². The minimum atomic E-state index is 0.729. The second-order valence-corrected chi connectivity index (χ2v) is 5.13. The van der Waals surface area contributed by atoms with Gasteiger partial charge in [0.2, 0.25) is 0 Å². The van der Waals surface area contributed by atoms with Gasteiger partial charge in [0.25, 0.3) is 0 Å². The maximum absolute atomic E-state index is 6.06. The first-order chi connectivity index (χ1) is 9.79. The third-order valence-corrected chi connectivity index (χ3v) is 3.21. The Hall–Kier alpha value is -1.51. The van der Waals surface area contributed by atoms with Gasteiger partial charge < -0.3 is 10.1 Å². The number of benzene rings is 2. The van der Waals surface area contributed by atoms with Crippen molar-refractivity contribution in [1.29, 1.82) is 0 Å². The average Bonchev–Trinajstić information content (AvgIpc) is 2.47. The average molecular weight is 290 g/mol. The van der Waals surface area contributed by atoms with Gasteiger partial charge in [-0.25, -0.2) is 0 Å². The molecule has 2 aromatic carbocycles. The van der Waals surface area contributed by atoms with Gasteiger partial charge in [0.05, 0.1) is 6.61 Å². The first-order valence-electron chi connectivity index (χ1n) is 6.95. The second kappa shape index (κ2) is 7.93. The molecule has 0 aliphatic carbocycles. The summed E-state index contributed by atoms with van der Waals surface area (Å²) >= 11 is 6.06. The summed E-state index contributed by atoms with van der Waals surface area (Å²) in [6.45, 7) is 4.41. The molecule has 2 aromatic rings. The smallest absolute Gasteiger partial charge is 0.123 e. The van der Waals surface area contributed by atoms with Crippen molar-refractivity contribution in [2.75, 3.05) is 6.61 Å². The molecule has 0 aromatic heterocycles. The topological polar surface area (TPSA) is 21.3 Å². The molecule has 0 heterocycles. The van der Waals surface area contributed by atoms with E-state index in [0.717, 1.165) is 42.5 Å². The minimum absolute atomic E-state index is 0.729. The van der Waals surface area contributed by atoms with E-state index in [2.05, 4.69) is 24.4 Å². The molecule has 0 amide bonds. The highest BCUT2D eigenvalue weighted by Crippen LogP contribution is 2.23. The summed E-state index contributed by atoms with van der Waals surface area (Å²) in [5.74, 6) is 0.914. The van der Waals surface area contributed by atoms with Gasteiger partial charge in [0.15, 0.2) is 0 Å². The van der Waals surface area contributed by atoms with Gasteiger partial charge >= 0.3 is 0 Å². The van der Waals surface area contributed by atoms with Crippen molar-refractivity contribution in [3.8, 4) is 5.75 Å². The van der Waals surface area contributed by atoms with Gasteiger partial charge in [-0.3, -0.25) is 0 Å². The number of ether oxygens (including phenoxy) is 1. The highest BCUT2D eigenvalue weighted by atomic mass is 35.5. The van der Waals surface area contributed by atoms with E-state index < -0.39 is 0 Å². The Morgan fingerprint density at radius 2 is 1.85 bits per heavy atom. The van der Waals surface area contributed by atoms with Crippen molar-refractivity contribution in [3.63, 3.8) is 0 Å². The molecular weight excluding hydrogens is 270 g/mol. The van der Waals surface area contributed by atoms with E-state index in [1.807, 2.05) is 36.4 Å². The van der Waals surface area contributed by atoms with Gasteiger partial charge in [-0.1, -0.05) is 48.9 Å². The summed E-state index contributed by atoms with van der Waals surface area (Å²) in [5, 5.41) is 4.16. The maximum Gasteiger partial charge on any atom is 0.123 e. The number of nitrogens with one attached hydrogen (secondary N) is 1. The van der Waals surface area contributed by atoms with Crippen molar-refractivity contribution >= 4 is 11.6 Å². The third kappa shape index (κ3) is 4.55. The van der Waals surface area contributed by atoms with E-state index in [0.29, 0.717) is 0 Å². The zero-order valence-corrected chi connectivity index (χ0v) is 12.5. The largest absolute Gasteiger partial charge is 0.493 e. The Balaban J connectivity index is 1.95. The van der Waals surface area contributed by atoms with Crippen LogP contribution in [0.15, 0.2) is 48.5 Å². The Morgan fingerprint density at radius 3 is 2.60 bits per heavy atom. The Morgan fingerprint density at radius 1 is 1.05 bits per heavy atom. The molecule has 2 nitrogen and oxygen atoms in total. The van der Waals surface area contributed by atoms with Crippen LogP contribution in [0.5, 0.6) is 5.75 Å². The third-order valence-electron chi connectivity index (χ3n) is 2.97. The molecule has 0 saturated carbocycles. The number of halogens is 1. The molecule has 3 heteroatoms. The van der Waals surface area contributed by atoms with Gasteiger partial charge in [0.1, 0.15) is 5.75 Å². The van der Waals surface area contributed by atoms with Gasteiger partial charge in [-0.15, -0.1) is 0 Å². The minimum Gasteiger partial charge on any atom is -0.493 e. The summed E-state index contributed by atoms with van der Waals surface area (Å²) in [7, 11) is 0. The normalized spacial score (nSPS) is 10.5. The highest BCUT2D eigenvalue weighted by molar-refractivity contribution is 6.30. The molecular formula is C17H20ClNO. The van der Waals surface area contributed by atoms with Crippen molar-refractivity contribution in [3.05, 3.63) is 64.7 Å². The first kappa shape index (κ1) is 14.9. The van der Waals surface area contributed by atoms with Crippen LogP contribution in [-0.2, 0) is 13.1 Å². The fourth-order valence-electron chi connectivity index (χ4n) is 1.98. The molecule has 0 saturated heterocycles. The van der Waals surface area contributed by atoms with Crippen molar-refractivity contribution < 1.29 is 4.74 Å².